The second-order valence-electron chi connectivity index (χ2n) is 6.76. The molecule has 0 aromatic rings. The summed E-state index contributed by atoms with van der Waals surface area (Å²) in [5.41, 5.74) is -1.74. The Morgan fingerprint density at radius 2 is 1.89 bits per heavy atom. The average molecular weight is 278 g/mol. The van der Waals surface area contributed by atoms with Crippen molar-refractivity contribution in [3.63, 3.8) is 0 Å². The Balaban J connectivity index is 2.27. The quantitative estimate of drug-likeness (QED) is 0.853. The van der Waals surface area contributed by atoms with Crippen LogP contribution >= 0.6 is 0 Å². The summed E-state index contributed by atoms with van der Waals surface area (Å²) in [6.07, 6.45) is -2.73. The number of nitrogens with zero attached hydrogens (tertiary/aromatic N) is 1. The molecule has 1 heterocycles. The predicted molar refractivity (Wildman–Crippen MR) is 70.1 cm³/mol. The molecule has 2 nitrogen and oxygen atoms in total. The zero-order valence-electron chi connectivity index (χ0n) is 12.3. The van der Waals surface area contributed by atoms with E-state index >= 15 is 0 Å². The molecule has 0 aromatic heterocycles. The Kier molecular flexibility index (Phi) is 3.67. The molecule has 1 saturated carbocycles. The van der Waals surface area contributed by atoms with Crippen LogP contribution in [0.2, 0.25) is 0 Å². The summed E-state index contributed by atoms with van der Waals surface area (Å²) in [7, 11) is 0. The first-order chi connectivity index (χ1) is 8.65. The lowest BCUT2D eigenvalue weighted by atomic mass is 9.88. The van der Waals surface area contributed by atoms with Gasteiger partial charge >= 0.3 is 6.18 Å². The second-order valence-corrected chi connectivity index (χ2v) is 6.76. The van der Waals surface area contributed by atoms with Crippen molar-refractivity contribution in [2.75, 3.05) is 13.1 Å². The zero-order chi connectivity index (χ0) is 14.5. The Bertz CT molecular complexity index is 336. The van der Waals surface area contributed by atoms with Gasteiger partial charge in [0.15, 0.2) is 0 Å². The number of rotatable bonds is 3. The van der Waals surface area contributed by atoms with Crippen LogP contribution in [0, 0.1) is 5.92 Å². The highest BCUT2D eigenvalue weighted by Gasteiger charge is 2.68. The third-order valence-corrected chi connectivity index (χ3v) is 5.01. The fourth-order valence-corrected chi connectivity index (χ4v) is 3.16. The molecule has 112 valence electrons. The van der Waals surface area contributed by atoms with Gasteiger partial charge in [0.25, 0.3) is 0 Å². The van der Waals surface area contributed by atoms with Gasteiger partial charge in [-0.25, -0.2) is 0 Å². The van der Waals surface area contributed by atoms with E-state index in [0.29, 0.717) is 13.1 Å². The van der Waals surface area contributed by atoms with Crippen molar-refractivity contribution in [3.8, 4) is 0 Å². The van der Waals surface area contributed by atoms with Gasteiger partial charge in [-0.2, -0.15) is 13.2 Å². The molecule has 1 N–H and O–H groups in total. The van der Waals surface area contributed by atoms with Crippen LogP contribution in [0.25, 0.3) is 0 Å². The predicted octanol–water partition coefficient (Wildman–Crippen LogP) is 3.18. The van der Waals surface area contributed by atoms with Crippen molar-refractivity contribution < 1.29 is 13.2 Å². The first-order valence-electron chi connectivity index (χ1n) is 7.24. The van der Waals surface area contributed by atoms with E-state index in [1.165, 1.54) is 0 Å². The SMILES string of the molecule is CCC1(C)CN(C2(C(F)(F)F)CC2)C(C(C)C)CN1. The van der Waals surface area contributed by atoms with E-state index in [2.05, 4.69) is 5.32 Å². The minimum Gasteiger partial charge on any atom is -0.309 e. The number of alkyl halides is 3. The zero-order valence-corrected chi connectivity index (χ0v) is 12.3. The fraction of sp³-hybridized carbons (Fsp3) is 1.00. The lowest BCUT2D eigenvalue weighted by Gasteiger charge is -2.51. The Labute approximate surface area is 113 Å². The lowest BCUT2D eigenvalue weighted by Crippen LogP contribution is -2.69. The standard InChI is InChI=1S/C14H25F3N2/c1-5-12(4)9-19(11(8-18-12)10(2)3)13(6-7-13)14(15,16)17/h10-11,18H,5-9H2,1-4H3. The molecule has 2 unspecified atom stereocenters. The monoisotopic (exact) mass is 278 g/mol. The molecule has 2 atom stereocenters. The van der Waals surface area contributed by atoms with E-state index in [9.17, 15) is 13.2 Å². The molecule has 5 heteroatoms. The van der Waals surface area contributed by atoms with Crippen LogP contribution in [0.1, 0.15) is 47.0 Å². The van der Waals surface area contributed by atoms with E-state index in [-0.39, 0.29) is 30.3 Å². The van der Waals surface area contributed by atoms with Gasteiger partial charge in [0.2, 0.25) is 0 Å². The number of hydrogen-bond acceptors (Lipinski definition) is 2. The fourth-order valence-electron chi connectivity index (χ4n) is 3.16. The van der Waals surface area contributed by atoms with Gasteiger partial charge in [0, 0.05) is 24.7 Å². The second kappa shape index (κ2) is 4.62. The van der Waals surface area contributed by atoms with E-state index in [1.807, 2.05) is 27.7 Å². The maximum absolute atomic E-state index is 13.4. The Morgan fingerprint density at radius 1 is 1.32 bits per heavy atom. The number of halogens is 3. The maximum atomic E-state index is 13.4. The molecule has 19 heavy (non-hydrogen) atoms. The van der Waals surface area contributed by atoms with E-state index in [0.717, 1.165) is 6.42 Å². The van der Waals surface area contributed by atoms with Gasteiger partial charge in [-0.15, -0.1) is 0 Å². The average Bonchev–Trinajstić information content (AvgIpc) is 3.08. The third-order valence-electron chi connectivity index (χ3n) is 5.01. The topological polar surface area (TPSA) is 15.3 Å². The summed E-state index contributed by atoms with van der Waals surface area (Å²) in [5, 5.41) is 3.45. The van der Waals surface area contributed by atoms with Gasteiger partial charge in [0.05, 0.1) is 0 Å². The first-order valence-corrected chi connectivity index (χ1v) is 7.24. The van der Waals surface area contributed by atoms with E-state index in [4.69, 9.17) is 0 Å². The van der Waals surface area contributed by atoms with Gasteiger partial charge in [-0.1, -0.05) is 20.8 Å². The molecular formula is C14H25F3N2. The first kappa shape index (κ1) is 15.1. The summed E-state index contributed by atoms with van der Waals surface area (Å²) < 4.78 is 40.2. The van der Waals surface area contributed by atoms with Crippen LogP contribution < -0.4 is 5.32 Å². The minimum absolute atomic E-state index is 0.0243. The number of piperazine rings is 1. The molecule has 1 saturated heterocycles. The highest BCUT2D eigenvalue weighted by atomic mass is 19.4. The van der Waals surface area contributed by atoms with E-state index in [1.54, 1.807) is 4.90 Å². The van der Waals surface area contributed by atoms with Gasteiger partial charge in [-0.3, -0.25) is 4.90 Å². The minimum atomic E-state index is -4.11. The highest BCUT2D eigenvalue weighted by molar-refractivity contribution is 5.14. The van der Waals surface area contributed by atoms with Crippen LogP contribution in [-0.4, -0.2) is 41.3 Å². The maximum Gasteiger partial charge on any atom is 0.406 e. The normalized spacial score (nSPS) is 35.7. The Morgan fingerprint density at radius 3 is 2.26 bits per heavy atom. The van der Waals surface area contributed by atoms with Crippen molar-refractivity contribution in [1.29, 1.82) is 0 Å². The van der Waals surface area contributed by atoms with Crippen LogP contribution in [0.15, 0.2) is 0 Å². The molecule has 0 radical (unpaired) electrons. The highest BCUT2D eigenvalue weighted by Crippen LogP contribution is 2.55. The summed E-state index contributed by atoms with van der Waals surface area (Å²) in [4.78, 5) is 1.76. The largest absolute Gasteiger partial charge is 0.406 e. The van der Waals surface area contributed by atoms with Crippen molar-refractivity contribution >= 4 is 0 Å². The van der Waals surface area contributed by atoms with Crippen molar-refractivity contribution in [2.45, 2.75) is 70.3 Å². The molecule has 0 amide bonds. The molecular weight excluding hydrogens is 253 g/mol. The molecule has 0 bridgehead atoms. The summed E-state index contributed by atoms with van der Waals surface area (Å²) in [6, 6.07) is -0.0243. The Hall–Kier alpha value is -0.290. The summed E-state index contributed by atoms with van der Waals surface area (Å²) in [5.74, 6) is 0.230. The number of nitrogens with one attached hydrogen (secondary N) is 1. The van der Waals surface area contributed by atoms with Gasteiger partial charge in [0.1, 0.15) is 5.54 Å². The molecule has 0 spiro atoms. The van der Waals surface area contributed by atoms with Crippen LogP contribution in [0.4, 0.5) is 13.2 Å². The van der Waals surface area contributed by atoms with Crippen molar-refractivity contribution in [2.24, 2.45) is 5.92 Å². The third kappa shape index (κ3) is 2.51. The van der Waals surface area contributed by atoms with Crippen molar-refractivity contribution in [1.82, 2.24) is 10.2 Å². The number of hydrogen-bond donors (Lipinski definition) is 1. The lowest BCUT2D eigenvalue weighted by molar-refractivity contribution is -0.211. The van der Waals surface area contributed by atoms with Crippen LogP contribution in [-0.2, 0) is 0 Å². The molecule has 0 aromatic carbocycles. The molecule has 1 aliphatic heterocycles. The molecule has 2 aliphatic rings. The van der Waals surface area contributed by atoms with E-state index < -0.39 is 11.7 Å². The molecule has 2 fully saturated rings. The molecule has 2 rings (SSSR count). The summed E-state index contributed by atoms with van der Waals surface area (Å²) >= 11 is 0. The van der Waals surface area contributed by atoms with Crippen LogP contribution in [0.3, 0.4) is 0 Å². The van der Waals surface area contributed by atoms with Gasteiger partial charge in [-0.05, 0) is 32.1 Å². The van der Waals surface area contributed by atoms with Crippen LogP contribution in [0.5, 0.6) is 0 Å². The van der Waals surface area contributed by atoms with Gasteiger partial charge < -0.3 is 5.32 Å². The smallest absolute Gasteiger partial charge is 0.309 e. The van der Waals surface area contributed by atoms with Crippen molar-refractivity contribution in [3.05, 3.63) is 0 Å². The molecule has 1 aliphatic carbocycles. The summed E-state index contributed by atoms with van der Waals surface area (Å²) in [6.45, 7) is 9.24.